The number of amides is 4. The summed E-state index contributed by atoms with van der Waals surface area (Å²) >= 11 is 0. The van der Waals surface area contributed by atoms with Crippen molar-refractivity contribution in [3.8, 4) is 22.5 Å². The monoisotopic (exact) mass is 901 g/mol. The molecule has 4 amide bonds. The van der Waals surface area contributed by atoms with Crippen LogP contribution in [-0.2, 0) is 15.1 Å². The Bertz CT molecular complexity index is 2710. The fourth-order valence-corrected chi connectivity index (χ4v) is 9.11. The summed E-state index contributed by atoms with van der Waals surface area (Å²) in [5, 5.41) is 29.4. The number of nitrogens with zero attached hydrogens (tertiary/aromatic N) is 11. The van der Waals surface area contributed by atoms with Gasteiger partial charge < -0.3 is 20.2 Å². The molecule has 4 aromatic heterocycles. The number of benzene rings is 2. The van der Waals surface area contributed by atoms with Gasteiger partial charge in [0.05, 0.1) is 58.7 Å². The Labute approximate surface area is 381 Å². The number of hydrogen-bond acceptors (Lipinski definition) is 11. The number of hydrogen-bond donors (Lipinski definition) is 3. The van der Waals surface area contributed by atoms with Crippen LogP contribution in [0.15, 0.2) is 73.3 Å². The van der Waals surface area contributed by atoms with Crippen molar-refractivity contribution >= 4 is 41.2 Å². The van der Waals surface area contributed by atoms with Gasteiger partial charge in [0, 0.05) is 68.8 Å². The van der Waals surface area contributed by atoms with Gasteiger partial charge in [0.2, 0.25) is 11.9 Å². The number of carbonyl (C=O) groups is 4. The van der Waals surface area contributed by atoms with E-state index in [9.17, 15) is 14.4 Å². The number of anilines is 2. The highest BCUT2D eigenvalue weighted by atomic mass is 19.1. The lowest BCUT2D eigenvalue weighted by Crippen LogP contribution is -2.49. The minimum absolute atomic E-state index is 0.0850. The van der Waals surface area contributed by atoms with Gasteiger partial charge in [-0.1, -0.05) is 17.3 Å². The molecule has 0 unspecified atom stereocenters. The van der Waals surface area contributed by atoms with Crippen molar-refractivity contribution in [2.75, 3.05) is 49.1 Å². The molecule has 18 nitrogen and oxygen atoms in total. The number of likely N-dealkylation sites (tertiary alicyclic amines) is 1. The van der Waals surface area contributed by atoms with Gasteiger partial charge in [0.25, 0.3) is 12.4 Å². The lowest BCUT2D eigenvalue weighted by Gasteiger charge is -2.38. The van der Waals surface area contributed by atoms with Crippen LogP contribution in [0.3, 0.4) is 0 Å². The molecule has 9 rings (SSSR count). The highest BCUT2D eigenvalue weighted by Gasteiger charge is 2.29. The Balaban J connectivity index is 0.00000192. The first-order chi connectivity index (χ1) is 31.7. The molecule has 0 aliphatic carbocycles. The SMILES string of the molecule is Cc1cc(-c2nc(-c3cn(C4CCN(CC5CCN(c6ccc(N7CCC(=O)NC7=O)cc6)CC5)CC4)nc3F)cn3nccc23)ccc1[C@@H](C)NC(=O)c1cn(C(C)(C)C)nn1.O=CO. The normalized spacial score (nSPS) is 17.1. The number of aromatic nitrogens is 8. The zero-order chi connectivity index (χ0) is 46.7. The molecule has 6 aromatic rings. The first-order valence-electron chi connectivity index (χ1n) is 22.4. The second-order valence-corrected chi connectivity index (χ2v) is 18.3. The third-order valence-electron chi connectivity index (χ3n) is 12.8. The summed E-state index contributed by atoms with van der Waals surface area (Å²) < 4.78 is 21.0. The number of rotatable bonds is 10. The van der Waals surface area contributed by atoms with E-state index in [4.69, 9.17) is 14.9 Å². The number of carboxylic acid groups (broad SMARTS) is 1. The number of imide groups is 1. The number of urea groups is 1. The van der Waals surface area contributed by atoms with E-state index in [-0.39, 0.29) is 47.6 Å². The minimum atomic E-state index is -0.559. The summed E-state index contributed by atoms with van der Waals surface area (Å²) in [4.78, 5) is 56.8. The highest BCUT2D eigenvalue weighted by Crippen LogP contribution is 2.33. The molecule has 3 aliphatic heterocycles. The Morgan fingerprint density at radius 3 is 2.35 bits per heavy atom. The van der Waals surface area contributed by atoms with Crippen molar-refractivity contribution < 1.29 is 28.7 Å². The van der Waals surface area contributed by atoms with Crippen molar-refractivity contribution in [2.45, 2.75) is 84.3 Å². The molecule has 3 fully saturated rings. The van der Waals surface area contributed by atoms with Gasteiger partial charge in [-0.15, -0.1) is 10.2 Å². The van der Waals surface area contributed by atoms with Crippen LogP contribution in [0, 0.1) is 18.8 Å². The van der Waals surface area contributed by atoms with Crippen LogP contribution in [0.2, 0.25) is 0 Å². The first-order valence-corrected chi connectivity index (χ1v) is 22.4. The topological polar surface area (TPSA) is 201 Å². The zero-order valence-corrected chi connectivity index (χ0v) is 37.9. The Morgan fingerprint density at radius 1 is 0.970 bits per heavy atom. The van der Waals surface area contributed by atoms with Crippen molar-refractivity contribution in [1.82, 2.24) is 54.9 Å². The quantitative estimate of drug-likeness (QED) is 0.131. The highest BCUT2D eigenvalue weighted by molar-refractivity contribution is 6.05. The molecule has 0 spiro atoms. The van der Waals surface area contributed by atoms with Crippen LogP contribution in [0.1, 0.15) is 93.5 Å². The first kappa shape index (κ1) is 45.5. The van der Waals surface area contributed by atoms with Gasteiger partial charge >= 0.3 is 6.03 Å². The van der Waals surface area contributed by atoms with E-state index in [1.807, 2.05) is 71.0 Å². The third-order valence-corrected chi connectivity index (χ3v) is 12.8. The predicted octanol–water partition coefficient (Wildman–Crippen LogP) is 6.25. The Morgan fingerprint density at radius 2 is 1.68 bits per heavy atom. The molecule has 19 heteroatoms. The minimum Gasteiger partial charge on any atom is -0.483 e. The molecular weight excluding hydrogens is 846 g/mol. The lowest BCUT2D eigenvalue weighted by atomic mass is 9.94. The molecule has 1 atom stereocenters. The van der Waals surface area contributed by atoms with Crippen molar-refractivity contribution in [3.05, 3.63) is 96.1 Å². The van der Waals surface area contributed by atoms with Crippen LogP contribution in [0.25, 0.3) is 28.0 Å². The van der Waals surface area contributed by atoms with Crippen molar-refractivity contribution in [3.63, 3.8) is 0 Å². The standard InChI is InChI=1S/C46H54FN13O3.CH2O2/c1-29-24-32(6-11-36(29)30(2)49-44(62)39-28-60(54-52-39)46(3,4)5)42-40-12-18-48-59(40)27-38(50-42)37-26-58(53-43(37)47)35-15-19-55(20-16-35)25-31-13-21-56(22-14-31)33-7-9-34(10-8-33)57-23-17-41(61)51-45(57)63;2-1-3/h6-12,18,24,26-28,30-31,35H,13-17,19-23,25H2,1-5H3,(H,49,62)(H,51,61,63);1H,(H,2,3)/t30-;/m1./s1. The molecule has 3 aliphatic rings. The zero-order valence-electron chi connectivity index (χ0n) is 37.9. The van der Waals surface area contributed by atoms with Crippen LogP contribution in [-0.4, -0.2) is 113 Å². The van der Waals surface area contributed by atoms with E-state index in [2.05, 4.69) is 53.1 Å². The number of halogens is 1. The number of piperidine rings is 2. The number of aryl methyl sites for hydroxylation is 1. The maximum absolute atomic E-state index is 15.8. The second-order valence-electron chi connectivity index (χ2n) is 18.3. The maximum atomic E-state index is 15.8. The van der Waals surface area contributed by atoms with E-state index in [1.54, 1.807) is 43.6 Å². The van der Waals surface area contributed by atoms with Gasteiger partial charge in [-0.25, -0.2) is 19.0 Å². The smallest absolute Gasteiger partial charge is 0.328 e. The molecule has 0 radical (unpaired) electrons. The fraction of sp³-hybridized carbons (Fsp3) is 0.426. The summed E-state index contributed by atoms with van der Waals surface area (Å²) in [7, 11) is 0. The summed E-state index contributed by atoms with van der Waals surface area (Å²) in [5.41, 5.74) is 6.91. The number of nitrogens with one attached hydrogen (secondary N) is 2. The average molecular weight is 902 g/mol. The van der Waals surface area contributed by atoms with Gasteiger partial charge in [0.15, 0.2) is 5.69 Å². The van der Waals surface area contributed by atoms with E-state index in [0.29, 0.717) is 35.8 Å². The largest absolute Gasteiger partial charge is 0.483 e. The number of carbonyl (C=O) groups excluding carboxylic acids is 3. The van der Waals surface area contributed by atoms with Crippen LogP contribution in [0.4, 0.5) is 20.6 Å². The fourth-order valence-electron chi connectivity index (χ4n) is 9.11. The maximum Gasteiger partial charge on any atom is 0.328 e. The Hall–Kier alpha value is -7.02. The van der Waals surface area contributed by atoms with Gasteiger partial charge in [0.1, 0.15) is 0 Å². The summed E-state index contributed by atoms with van der Waals surface area (Å²) in [6, 6.07) is 15.4. The Kier molecular flexibility index (Phi) is 13.3. The molecule has 0 saturated carbocycles. The molecule has 2 aromatic carbocycles. The summed E-state index contributed by atoms with van der Waals surface area (Å²) in [6.07, 6.45) is 11.2. The summed E-state index contributed by atoms with van der Waals surface area (Å²) in [6.45, 7) is 14.9. The van der Waals surface area contributed by atoms with Crippen LogP contribution in [0.5, 0.6) is 0 Å². The molecule has 0 bridgehead atoms. The van der Waals surface area contributed by atoms with Crippen LogP contribution >= 0.6 is 0 Å². The lowest BCUT2D eigenvalue weighted by molar-refractivity contribution is -0.123. The third kappa shape index (κ3) is 9.95. The van der Waals surface area contributed by atoms with Crippen LogP contribution < -0.4 is 20.4 Å². The molecule has 3 saturated heterocycles. The molecule has 7 heterocycles. The number of fused-ring (bicyclic) bond motifs is 1. The van der Waals surface area contributed by atoms with E-state index < -0.39 is 5.95 Å². The van der Waals surface area contributed by atoms with E-state index >= 15 is 4.39 Å². The van der Waals surface area contributed by atoms with E-state index in [1.165, 1.54) is 0 Å². The van der Waals surface area contributed by atoms with Gasteiger partial charge in [-0.2, -0.15) is 9.49 Å². The second kappa shape index (κ2) is 19.2. The predicted molar refractivity (Wildman–Crippen MR) is 246 cm³/mol. The van der Waals surface area contributed by atoms with Crippen molar-refractivity contribution in [1.29, 1.82) is 0 Å². The van der Waals surface area contributed by atoms with Crippen molar-refractivity contribution in [2.24, 2.45) is 5.92 Å². The summed E-state index contributed by atoms with van der Waals surface area (Å²) in [5.74, 6) is -0.485. The molecular formula is C47H56FN13O5. The van der Waals surface area contributed by atoms with E-state index in [0.717, 1.165) is 92.0 Å². The molecule has 66 heavy (non-hydrogen) atoms. The van der Waals surface area contributed by atoms with Gasteiger partial charge in [-0.3, -0.25) is 29.3 Å². The average Bonchev–Trinajstić information content (AvgIpc) is 4.08. The molecule has 346 valence electrons. The van der Waals surface area contributed by atoms with Gasteiger partial charge in [-0.05, 0) is 114 Å². The molecule has 3 N–H and O–H groups in total.